The van der Waals surface area contributed by atoms with Crippen molar-refractivity contribution in [2.75, 3.05) is 0 Å². The van der Waals surface area contributed by atoms with Crippen LogP contribution in [0.2, 0.25) is 0 Å². The van der Waals surface area contributed by atoms with Gasteiger partial charge in [0.25, 0.3) is 0 Å². The number of hydrogen-bond donors (Lipinski definition) is 0. The lowest BCUT2D eigenvalue weighted by molar-refractivity contribution is 0.0676. The second kappa shape index (κ2) is 16.3. The highest BCUT2D eigenvalue weighted by Gasteiger charge is 2.45. The van der Waals surface area contributed by atoms with Crippen LogP contribution in [-0.4, -0.2) is 23.9 Å². The summed E-state index contributed by atoms with van der Waals surface area (Å²) in [4.78, 5) is 54.7. The summed E-state index contributed by atoms with van der Waals surface area (Å²) >= 11 is 0. The van der Waals surface area contributed by atoms with Gasteiger partial charge in [-0.3, -0.25) is 0 Å². The molecule has 6 aromatic carbocycles. The van der Waals surface area contributed by atoms with E-state index in [2.05, 4.69) is 6.58 Å². The summed E-state index contributed by atoms with van der Waals surface area (Å²) in [5.41, 5.74) is 1.59. The highest BCUT2D eigenvalue weighted by atomic mass is 16.6. The number of esters is 4. The summed E-state index contributed by atoms with van der Waals surface area (Å²) in [7, 11) is 0. The van der Waals surface area contributed by atoms with E-state index in [-0.39, 0.29) is 34.1 Å². The highest BCUT2D eigenvalue weighted by Crippen LogP contribution is 2.56. The largest absolute Gasteiger partial charge is 0.419 e. The monoisotopic (exact) mass is 728 g/mol. The van der Waals surface area contributed by atoms with Gasteiger partial charge in [0.2, 0.25) is 0 Å². The Morgan fingerprint density at radius 1 is 0.418 bits per heavy atom. The molecule has 0 N–H and O–H groups in total. The molecule has 7 rings (SSSR count). The van der Waals surface area contributed by atoms with Gasteiger partial charge in [0.05, 0.1) is 22.3 Å². The highest BCUT2D eigenvalue weighted by molar-refractivity contribution is 5.95. The molecule has 0 heterocycles. The standard InChI is InChI=1S/C47H36O8/c1-32-18-14-15-31-47(32,37-27-16-29-39(52-43(48)33-19-6-2-7-20-33)41(37)54-45(50)35-23-10-4-11-24-35)38-28-17-30-40(53-44(49)34-21-8-3-9-22-34)42(38)55-46(51)36-25-12-5-13-26-36/h2-13,16-17,19-30H,1,14-15,18,31H2. The van der Waals surface area contributed by atoms with Gasteiger partial charge in [-0.2, -0.15) is 0 Å². The first-order chi connectivity index (χ1) is 26.8. The van der Waals surface area contributed by atoms with Crippen LogP contribution in [0.3, 0.4) is 0 Å². The molecule has 55 heavy (non-hydrogen) atoms. The minimum atomic E-state index is -1.19. The van der Waals surface area contributed by atoms with Gasteiger partial charge in [0.15, 0.2) is 23.0 Å². The third kappa shape index (κ3) is 7.70. The molecule has 1 aliphatic rings. The van der Waals surface area contributed by atoms with E-state index in [1.807, 2.05) is 0 Å². The van der Waals surface area contributed by atoms with E-state index in [0.29, 0.717) is 41.5 Å². The van der Waals surface area contributed by atoms with E-state index in [9.17, 15) is 19.2 Å². The van der Waals surface area contributed by atoms with Gasteiger partial charge in [-0.15, -0.1) is 0 Å². The smallest absolute Gasteiger partial charge is 0.343 e. The topological polar surface area (TPSA) is 105 Å². The number of benzene rings is 6. The Morgan fingerprint density at radius 2 is 0.764 bits per heavy atom. The first-order valence-electron chi connectivity index (χ1n) is 17.9. The normalized spacial score (nSPS) is 13.3. The zero-order chi connectivity index (χ0) is 38.2. The van der Waals surface area contributed by atoms with Crippen LogP contribution in [0.25, 0.3) is 0 Å². The van der Waals surface area contributed by atoms with Crippen LogP contribution >= 0.6 is 0 Å². The van der Waals surface area contributed by atoms with Crippen LogP contribution in [0.1, 0.15) is 78.2 Å². The van der Waals surface area contributed by atoms with Crippen LogP contribution in [-0.2, 0) is 5.41 Å². The van der Waals surface area contributed by atoms with E-state index >= 15 is 0 Å². The van der Waals surface area contributed by atoms with Crippen molar-refractivity contribution in [1.29, 1.82) is 0 Å². The number of carbonyl (C=O) groups excluding carboxylic acids is 4. The number of hydrogen-bond acceptors (Lipinski definition) is 8. The van der Waals surface area contributed by atoms with Crippen molar-refractivity contribution in [1.82, 2.24) is 0 Å². The Balaban J connectivity index is 1.43. The Morgan fingerprint density at radius 3 is 1.11 bits per heavy atom. The maximum atomic E-state index is 13.8. The Kier molecular flexibility index (Phi) is 10.8. The molecule has 0 aliphatic heterocycles. The third-order valence-electron chi connectivity index (χ3n) is 9.59. The second-order valence-electron chi connectivity index (χ2n) is 13.0. The van der Waals surface area contributed by atoms with E-state index in [1.54, 1.807) is 158 Å². The number of rotatable bonds is 10. The Bertz CT molecular complexity index is 2200. The molecular formula is C47H36O8. The molecule has 0 amide bonds. The molecule has 272 valence electrons. The zero-order valence-electron chi connectivity index (χ0n) is 29.8. The van der Waals surface area contributed by atoms with Crippen molar-refractivity contribution < 1.29 is 38.1 Å². The first-order valence-corrected chi connectivity index (χ1v) is 17.9. The number of ether oxygens (including phenoxy) is 4. The molecule has 0 bridgehead atoms. The Hall–Kier alpha value is -7.06. The minimum Gasteiger partial charge on any atom is -0.419 e. The minimum absolute atomic E-state index is 0.00266. The second-order valence-corrected chi connectivity index (χ2v) is 13.0. The first kappa shape index (κ1) is 36.3. The third-order valence-corrected chi connectivity index (χ3v) is 9.59. The van der Waals surface area contributed by atoms with Crippen molar-refractivity contribution in [3.63, 3.8) is 0 Å². The molecule has 0 radical (unpaired) electrons. The van der Waals surface area contributed by atoms with Crippen molar-refractivity contribution in [2.45, 2.75) is 31.1 Å². The predicted octanol–water partition coefficient (Wildman–Crippen LogP) is 9.98. The van der Waals surface area contributed by atoms with Crippen molar-refractivity contribution >= 4 is 23.9 Å². The summed E-state index contributed by atoms with van der Waals surface area (Å²) in [6, 6.07) is 44.1. The van der Waals surface area contributed by atoms with E-state index < -0.39 is 29.3 Å². The molecule has 1 fully saturated rings. The summed E-state index contributed by atoms with van der Waals surface area (Å²) in [5.74, 6) is -2.67. The quantitative estimate of drug-likeness (QED) is 0.0780. The molecule has 0 saturated heterocycles. The average Bonchev–Trinajstić information content (AvgIpc) is 3.23. The van der Waals surface area contributed by atoms with E-state index in [4.69, 9.17) is 18.9 Å². The number of para-hydroxylation sites is 2. The fourth-order valence-electron chi connectivity index (χ4n) is 6.91. The molecule has 6 aromatic rings. The number of carbonyl (C=O) groups is 4. The van der Waals surface area contributed by atoms with Gasteiger partial charge in [-0.05, 0) is 79.9 Å². The molecule has 0 spiro atoms. The molecule has 8 heteroatoms. The SMILES string of the molecule is C=C1CCCCC1(c1cccc(OC(=O)c2ccccc2)c1OC(=O)c1ccccc1)c1cccc(OC(=O)c2ccccc2)c1OC(=O)c1ccccc1. The van der Waals surface area contributed by atoms with Crippen LogP contribution in [0, 0.1) is 0 Å². The van der Waals surface area contributed by atoms with Gasteiger partial charge in [0.1, 0.15) is 0 Å². The molecule has 1 saturated carbocycles. The lowest BCUT2D eigenvalue weighted by Gasteiger charge is -2.42. The van der Waals surface area contributed by atoms with Crippen molar-refractivity contribution in [3.8, 4) is 23.0 Å². The average molecular weight is 729 g/mol. The van der Waals surface area contributed by atoms with Gasteiger partial charge in [-0.1, -0.05) is 116 Å². The predicted molar refractivity (Wildman–Crippen MR) is 207 cm³/mol. The van der Waals surface area contributed by atoms with Crippen LogP contribution < -0.4 is 18.9 Å². The van der Waals surface area contributed by atoms with Crippen LogP contribution in [0.4, 0.5) is 0 Å². The van der Waals surface area contributed by atoms with Crippen molar-refractivity contribution in [3.05, 3.63) is 203 Å². The van der Waals surface area contributed by atoms with Gasteiger partial charge < -0.3 is 18.9 Å². The lowest BCUT2D eigenvalue weighted by Crippen LogP contribution is -2.34. The summed E-state index contributed by atoms with van der Waals surface area (Å²) in [5, 5.41) is 0. The maximum absolute atomic E-state index is 13.8. The summed E-state index contributed by atoms with van der Waals surface area (Å²) in [6.07, 6.45) is 2.54. The molecule has 1 aliphatic carbocycles. The molecule has 0 atom stereocenters. The Labute approximate surface area is 318 Å². The van der Waals surface area contributed by atoms with E-state index in [1.165, 1.54) is 0 Å². The molecule has 8 nitrogen and oxygen atoms in total. The fourth-order valence-corrected chi connectivity index (χ4v) is 6.91. The van der Waals surface area contributed by atoms with Crippen molar-refractivity contribution in [2.24, 2.45) is 0 Å². The zero-order valence-corrected chi connectivity index (χ0v) is 29.8. The molecule has 0 aromatic heterocycles. The van der Waals surface area contributed by atoms with Crippen LogP contribution in [0.5, 0.6) is 23.0 Å². The summed E-state index contributed by atoms with van der Waals surface area (Å²) in [6.45, 7) is 4.56. The van der Waals surface area contributed by atoms with Gasteiger partial charge in [0, 0.05) is 16.5 Å². The molecular weight excluding hydrogens is 693 g/mol. The van der Waals surface area contributed by atoms with Gasteiger partial charge in [-0.25, -0.2) is 19.2 Å². The number of allylic oxidation sites excluding steroid dienone is 1. The van der Waals surface area contributed by atoms with E-state index in [0.717, 1.165) is 12.0 Å². The maximum Gasteiger partial charge on any atom is 0.343 e. The van der Waals surface area contributed by atoms with Gasteiger partial charge >= 0.3 is 23.9 Å². The fraction of sp³-hybridized carbons (Fsp3) is 0.106. The lowest BCUT2D eigenvalue weighted by atomic mass is 9.62. The summed E-state index contributed by atoms with van der Waals surface area (Å²) < 4.78 is 24.5. The molecule has 0 unspecified atom stereocenters. The van der Waals surface area contributed by atoms with Crippen LogP contribution in [0.15, 0.2) is 170 Å².